The van der Waals surface area contributed by atoms with Crippen LogP contribution in [0.4, 0.5) is 0 Å². The number of nitrogens with two attached hydrogens (primary N) is 1. The van der Waals surface area contributed by atoms with Gasteiger partial charge >= 0.3 is 0 Å². The number of ether oxygens (including phenoxy) is 1. The van der Waals surface area contributed by atoms with E-state index < -0.39 is 10.0 Å². The van der Waals surface area contributed by atoms with Crippen molar-refractivity contribution in [2.24, 2.45) is 5.73 Å². The van der Waals surface area contributed by atoms with E-state index in [4.69, 9.17) is 10.5 Å². The molecule has 6 heteroatoms. The van der Waals surface area contributed by atoms with Crippen LogP contribution in [-0.2, 0) is 14.8 Å². The van der Waals surface area contributed by atoms with Gasteiger partial charge in [0.25, 0.3) is 0 Å². The molecule has 5 nitrogen and oxygen atoms in total. The Morgan fingerprint density at radius 2 is 1.82 bits per heavy atom. The monoisotopic (exact) mass is 262 g/mol. The molecule has 0 atom stereocenters. The summed E-state index contributed by atoms with van der Waals surface area (Å²) in [6, 6.07) is 0.200. The first kappa shape index (κ1) is 13.3. The molecule has 100 valence electrons. The van der Waals surface area contributed by atoms with Crippen molar-refractivity contribution in [2.75, 3.05) is 26.3 Å². The van der Waals surface area contributed by atoms with Gasteiger partial charge in [-0.15, -0.1) is 0 Å². The van der Waals surface area contributed by atoms with E-state index in [1.807, 2.05) is 0 Å². The molecule has 2 fully saturated rings. The Labute approximate surface area is 103 Å². The summed E-state index contributed by atoms with van der Waals surface area (Å²) in [7, 11) is -3.17. The molecule has 1 saturated carbocycles. The Balaban J connectivity index is 2.08. The molecular weight excluding hydrogens is 240 g/mol. The zero-order valence-electron chi connectivity index (χ0n) is 10.2. The van der Waals surface area contributed by atoms with Crippen LogP contribution in [0.25, 0.3) is 0 Å². The van der Waals surface area contributed by atoms with Gasteiger partial charge in [0.1, 0.15) is 0 Å². The number of rotatable bonds is 5. The van der Waals surface area contributed by atoms with Gasteiger partial charge in [-0.2, -0.15) is 4.31 Å². The first-order valence-electron chi connectivity index (χ1n) is 6.44. The van der Waals surface area contributed by atoms with Crippen molar-refractivity contribution in [3.63, 3.8) is 0 Å². The lowest BCUT2D eigenvalue weighted by Gasteiger charge is -2.39. The van der Waals surface area contributed by atoms with E-state index in [0.717, 1.165) is 19.3 Å². The summed E-state index contributed by atoms with van der Waals surface area (Å²) in [4.78, 5) is 0. The second-order valence-electron chi connectivity index (χ2n) is 4.84. The van der Waals surface area contributed by atoms with Crippen molar-refractivity contribution in [3.8, 4) is 0 Å². The van der Waals surface area contributed by atoms with Gasteiger partial charge in [0.2, 0.25) is 10.0 Å². The average molecular weight is 262 g/mol. The van der Waals surface area contributed by atoms with Crippen molar-refractivity contribution in [1.29, 1.82) is 0 Å². The molecule has 0 aromatic heterocycles. The highest BCUT2D eigenvalue weighted by atomic mass is 32.2. The average Bonchev–Trinajstić information content (AvgIpc) is 2.27. The number of nitrogens with zero attached hydrogens (tertiary/aromatic N) is 1. The molecule has 2 rings (SSSR count). The molecule has 0 amide bonds. The maximum absolute atomic E-state index is 12.5. The molecule has 0 aromatic carbocycles. The SMILES string of the molecule is NCCN(C1CCC1)S(=O)(=O)C1CCOCC1. The van der Waals surface area contributed by atoms with Crippen molar-refractivity contribution < 1.29 is 13.2 Å². The second-order valence-corrected chi connectivity index (χ2v) is 7.01. The molecule has 2 aliphatic rings. The van der Waals surface area contributed by atoms with Crippen LogP contribution < -0.4 is 5.73 Å². The molecule has 1 saturated heterocycles. The summed E-state index contributed by atoms with van der Waals surface area (Å²) < 4.78 is 31.9. The van der Waals surface area contributed by atoms with Crippen LogP contribution in [0.1, 0.15) is 32.1 Å². The van der Waals surface area contributed by atoms with Crippen LogP contribution >= 0.6 is 0 Å². The molecule has 0 bridgehead atoms. The lowest BCUT2D eigenvalue weighted by atomic mass is 9.93. The summed E-state index contributed by atoms with van der Waals surface area (Å²) in [5.41, 5.74) is 5.54. The van der Waals surface area contributed by atoms with Crippen LogP contribution in [0.2, 0.25) is 0 Å². The minimum absolute atomic E-state index is 0.200. The van der Waals surface area contributed by atoms with Crippen LogP contribution in [0, 0.1) is 0 Å². The zero-order valence-corrected chi connectivity index (χ0v) is 11.0. The van der Waals surface area contributed by atoms with Gasteiger partial charge in [0.15, 0.2) is 0 Å². The Hall–Kier alpha value is -0.170. The maximum atomic E-state index is 12.5. The first-order valence-corrected chi connectivity index (χ1v) is 7.95. The Morgan fingerprint density at radius 1 is 1.18 bits per heavy atom. The normalized spacial score (nSPS) is 23.9. The third-order valence-corrected chi connectivity index (χ3v) is 6.20. The highest BCUT2D eigenvalue weighted by molar-refractivity contribution is 7.89. The predicted molar refractivity (Wildman–Crippen MR) is 66.2 cm³/mol. The molecular formula is C11H22N2O3S. The van der Waals surface area contributed by atoms with Gasteiger partial charge in [-0.25, -0.2) is 8.42 Å². The smallest absolute Gasteiger partial charge is 0.217 e. The quantitative estimate of drug-likeness (QED) is 0.774. The highest BCUT2D eigenvalue weighted by Gasteiger charge is 2.38. The van der Waals surface area contributed by atoms with Crippen LogP contribution in [0.15, 0.2) is 0 Å². The van der Waals surface area contributed by atoms with E-state index in [2.05, 4.69) is 0 Å². The fraction of sp³-hybridized carbons (Fsp3) is 1.00. The van der Waals surface area contributed by atoms with E-state index in [0.29, 0.717) is 39.1 Å². The summed E-state index contributed by atoms with van der Waals surface area (Å²) in [6.45, 7) is 1.99. The van der Waals surface area contributed by atoms with Crippen LogP contribution in [-0.4, -0.2) is 50.3 Å². The summed E-state index contributed by atoms with van der Waals surface area (Å²) in [5, 5.41) is -0.261. The van der Waals surface area contributed by atoms with Gasteiger partial charge in [-0.05, 0) is 25.7 Å². The first-order chi connectivity index (χ1) is 8.16. The number of hydrogen-bond acceptors (Lipinski definition) is 4. The topological polar surface area (TPSA) is 72.6 Å². The lowest BCUT2D eigenvalue weighted by molar-refractivity contribution is 0.0960. The second kappa shape index (κ2) is 5.65. The number of hydrogen-bond donors (Lipinski definition) is 1. The fourth-order valence-electron chi connectivity index (χ4n) is 2.48. The molecule has 0 spiro atoms. The van der Waals surface area contributed by atoms with Crippen molar-refractivity contribution in [1.82, 2.24) is 4.31 Å². The summed E-state index contributed by atoms with van der Waals surface area (Å²) >= 11 is 0. The number of sulfonamides is 1. The Kier molecular flexibility index (Phi) is 4.41. The van der Waals surface area contributed by atoms with Crippen molar-refractivity contribution >= 4 is 10.0 Å². The van der Waals surface area contributed by atoms with E-state index in [-0.39, 0.29) is 11.3 Å². The maximum Gasteiger partial charge on any atom is 0.217 e. The molecule has 1 aliphatic carbocycles. The molecule has 0 unspecified atom stereocenters. The van der Waals surface area contributed by atoms with Gasteiger partial charge in [0.05, 0.1) is 5.25 Å². The summed E-state index contributed by atoms with van der Waals surface area (Å²) in [5.74, 6) is 0. The lowest BCUT2D eigenvalue weighted by Crippen LogP contribution is -2.50. The largest absolute Gasteiger partial charge is 0.381 e. The van der Waals surface area contributed by atoms with E-state index >= 15 is 0 Å². The molecule has 17 heavy (non-hydrogen) atoms. The van der Waals surface area contributed by atoms with Gasteiger partial charge < -0.3 is 10.5 Å². The minimum Gasteiger partial charge on any atom is -0.381 e. The van der Waals surface area contributed by atoms with E-state index in [1.54, 1.807) is 4.31 Å². The molecule has 0 radical (unpaired) electrons. The molecule has 2 N–H and O–H groups in total. The van der Waals surface area contributed by atoms with Gasteiger partial charge in [-0.1, -0.05) is 6.42 Å². The third-order valence-electron chi connectivity index (χ3n) is 3.75. The van der Waals surface area contributed by atoms with Crippen molar-refractivity contribution in [2.45, 2.75) is 43.4 Å². The molecule has 1 heterocycles. The Morgan fingerprint density at radius 3 is 2.29 bits per heavy atom. The van der Waals surface area contributed by atoms with Crippen molar-refractivity contribution in [3.05, 3.63) is 0 Å². The molecule has 1 aliphatic heterocycles. The van der Waals surface area contributed by atoms with Crippen LogP contribution in [0.5, 0.6) is 0 Å². The fourth-order valence-corrected chi connectivity index (χ4v) is 4.64. The Bertz CT molecular complexity index is 335. The summed E-state index contributed by atoms with van der Waals surface area (Å²) in [6.07, 6.45) is 4.35. The van der Waals surface area contributed by atoms with Gasteiger partial charge in [-0.3, -0.25) is 0 Å². The van der Waals surface area contributed by atoms with E-state index in [1.165, 1.54) is 0 Å². The predicted octanol–water partition coefficient (Wildman–Crippen LogP) is 0.308. The van der Waals surface area contributed by atoms with Gasteiger partial charge in [0, 0.05) is 32.3 Å². The molecule has 0 aromatic rings. The third kappa shape index (κ3) is 2.81. The standard InChI is InChI=1S/C11H22N2O3S/c12-6-7-13(10-2-1-3-10)17(14,15)11-4-8-16-9-5-11/h10-11H,1-9,12H2. The van der Waals surface area contributed by atoms with Crippen LogP contribution in [0.3, 0.4) is 0 Å². The van der Waals surface area contributed by atoms with E-state index in [9.17, 15) is 8.42 Å². The zero-order chi connectivity index (χ0) is 12.3. The highest BCUT2D eigenvalue weighted by Crippen LogP contribution is 2.30. The minimum atomic E-state index is -3.17.